The topological polar surface area (TPSA) is 154 Å². The molecule has 308 valence electrons. The van der Waals surface area contributed by atoms with Crippen LogP contribution in [0.1, 0.15) is 78.5 Å². The Balaban J connectivity index is 0.849. The normalized spacial score (nSPS) is 18.0. The Hall–Kier alpha value is -5.71. The standard InChI is InChI=1S/C41H48F3N9O5/c1-50(2)39(57)34-22-26-24-46-40(49-37(26)53(34)29-6-3-4-7-29)47-27-8-10-28(11-9-27)52-20-18-51(19-21-52)17-5-16-45-36(55)25-58-30-12-14-33(41(42,43)44)32(23-30)31-13-15-35(54)48-38(31)56/h8-12,14,22-24,29,31H,3-7,13,15-21,25H2,1-2H3,(H,45,55)(H,46,47,49)(H,48,54,56). The van der Waals surface area contributed by atoms with Gasteiger partial charge in [-0.15, -0.1) is 0 Å². The fourth-order valence-electron chi connectivity index (χ4n) is 8.01. The van der Waals surface area contributed by atoms with E-state index in [1.807, 2.05) is 18.2 Å². The number of amides is 4. The summed E-state index contributed by atoms with van der Waals surface area (Å²) in [7, 11) is 3.52. The number of benzene rings is 2. The zero-order valence-electron chi connectivity index (χ0n) is 32.6. The van der Waals surface area contributed by atoms with Crippen LogP contribution < -0.4 is 25.6 Å². The van der Waals surface area contributed by atoms with Crippen LogP contribution in [0.2, 0.25) is 0 Å². The lowest BCUT2D eigenvalue weighted by atomic mass is 9.87. The van der Waals surface area contributed by atoms with Crippen LogP contribution >= 0.6 is 0 Å². The molecule has 2 saturated heterocycles. The van der Waals surface area contributed by atoms with E-state index in [0.29, 0.717) is 24.6 Å². The number of imide groups is 1. The van der Waals surface area contributed by atoms with Gasteiger partial charge in [0, 0.05) is 82.2 Å². The van der Waals surface area contributed by atoms with E-state index >= 15 is 0 Å². The molecule has 58 heavy (non-hydrogen) atoms. The molecule has 3 aliphatic rings. The van der Waals surface area contributed by atoms with Gasteiger partial charge in [0.15, 0.2) is 6.61 Å². The molecular weight excluding hydrogens is 756 g/mol. The Labute approximate surface area is 334 Å². The number of halogens is 3. The molecule has 4 heterocycles. The minimum absolute atomic E-state index is 0.0252. The second-order valence-electron chi connectivity index (χ2n) is 15.3. The van der Waals surface area contributed by atoms with Crippen molar-refractivity contribution in [3.63, 3.8) is 0 Å². The lowest BCUT2D eigenvalue weighted by Crippen LogP contribution is -2.47. The number of piperidine rings is 1. The molecule has 4 amide bonds. The van der Waals surface area contributed by atoms with Gasteiger partial charge in [-0.1, -0.05) is 12.8 Å². The number of anilines is 3. The maximum atomic E-state index is 13.7. The van der Waals surface area contributed by atoms with E-state index < -0.39 is 42.0 Å². The number of fused-ring (bicyclic) bond motifs is 1. The lowest BCUT2D eigenvalue weighted by molar-refractivity contribution is -0.139. The number of carbonyl (C=O) groups is 4. The van der Waals surface area contributed by atoms with E-state index in [9.17, 15) is 32.3 Å². The maximum absolute atomic E-state index is 13.7. The summed E-state index contributed by atoms with van der Waals surface area (Å²) in [6.07, 6.45) is 1.97. The molecule has 1 aliphatic carbocycles. The van der Waals surface area contributed by atoms with Crippen LogP contribution in [-0.4, -0.2) is 108 Å². The van der Waals surface area contributed by atoms with Gasteiger partial charge in [0.1, 0.15) is 17.1 Å². The van der Waals surface area contributed by atoms with Gasteiger partial charge in [-0.05, 0) is 86.3 Å². The smallest absolute Gasteiger partial charge is 0.416 e. The van der Waals surface area contributed by atoms with Gasteiger partial charge in [-0.2, -0.15) is 18.2 Å². The Bertz CT molecular complexity index is 2140. The van der Waals surface area contributed by atoms with Gasteiger partial charge in [0.05, 0.1) is 11.5 Å². The van der Waals surface area contributed by atoms with Crippen molar-refractivity contribution in [1.29, 1.82) is 0 Å². The van der Waals surface area contributed by atoms with E-state index in [1.54, 1.807) is 25.2 Å². The molecule has 1 unspecified atom stereocenters. The molecule has 2 aromatic carbocycles. The maximum Gasteiger partial charge on any atom is 0.416 e. The third-order valence-corrected chi connectivity index (χ3v) is 11.0. The van der Waals surface area contributed by atoms with Crippen molar-refractivity contribution in [1.82, 2.24) is 35.0 Å². The van der Waals surface area contributed by atoms with Gasteiger partial charge in [-0.3, -0.25) is 29.4 Å². The highest BCUT2D eigenvalue weighted by Crippen LogP contribution is 2.40. The van der Waals surface area contributed by atoms with Gasteiger partial charge in [0.2, 0.25) is 17.8 Å². The molecule has 3 N–H and O–H groups in total. The molecule has 3 fully saturated rings. The van der Waals surface area contributed by atoms with Crippen molar-refractivity contribution in [2.45, 2.75) is 63.1 Å². The molecule has 1 saturated carbocycles. The second kappa shape index (κ2) is 17.4. The van der Waals surface area contributed by atoms with Crippen LogP contribution in [0.25, 0.3) is 11.0 Å². The first-order chi connectivity index (χ1) is 27.8. The summed E-state index contributed by atoms with van der Waals surface area (Å²) in [6.45, 7) is 4.18. The molecule has 7 rings (SSSR count). The zero-order valence-corrected chi connectivity index (χ0v) is 32.6. The highest BCUT2D eigenvalue weighted by molar-refractivity contribution is 6.01. The number of hydrogen-bond acceptors (Lipinski definition) is 10. The average Bonchev–Trinajstić information content (AvgIpc) is 3.87. The number of alkyl halides is 3. The molecule has 0 spiro atoms. The minimum Gasteiger partial charge on any atom is -0.484 e. The van der Waals surface area contributed by atoms with Crippen LogP contribution in [0, 0.1) is 0 Å². The summed E-state index contributed by atoms with van der Waals surface area (Å²) in [5.74, 6) is -2.44. The largest absolute Gasteiger partial charge is 0.484 e. The SMILES string of the molecule is CN(C)C(=O)c1cc2cnc(Nc3ccc(N4CCN(CCCNC(=O)COc5ccc(C(F)(F)F)c(C6CCC(=O)NC6=O)c5)CC4)cc3)nc2n1C1CCCC1. The van der Waals surface area contributed by atoms with Crippen molar-refractivity contribution < 1.29 is 37.1 Å². The first kappa shape index (κ1) is 40.5. The number of nitrogens with zero attached hydrogens (tertiary/aromatic N) is 6. The minimum atomic E-state index is -4.71. The van der Waals surface area contributed by atoms with E-state index in [-0.39, 0.29) is 36.1 Å². The van der Waals surface area contributed by atoms with E-state index in [2.05, 4.69) is 47.4 Å². The van der Waals surface area contributed by atoms with Gasteiger partial charge < -0.3 is 29.7 Å². The van der Waals surface area contributed by atoms with Crippen LogP contribution in [0.5, 0.6) is 5.75 Å². The zero-order chi connectivity index (χ0) is 41.0. The molecule has 0 bridgehead atoms. The van der Waals surface area contributed by atoms with Gasteiger partial charge in [-0.25, -0.2) is 4.98 Å². The van der Waals surface area contributed by atoms with E-state index in [1.165, 1.54) is 0 Å². The Morgan fingerprint density at radius 3 is 2.41 bits per heavy atom. The molecular formula is C41H48F3N9O5. The first-order valence-corrected chi connectivity index (χ1v) is 19.7. The number of piperazine rings is 1. The molecule has 17 heteroatoms. The van der Waals surface area contributed by atoms with Crippen molar-refractivity contribution in [3.05, 3.63) is 71.5 Å². The van der Waals surface area contributed by atoms with Crippen LogP contribution in [0.3, 0.4) is 0 Å². The molecule has 14 nitrogen and oxygen atoms in total. The number of nitrogens with one attached hydrogen (secondary N) is 3. The highest BCUT2D eigenvalue weighted by atomic mass is 19.4. The van der Waals surface area contributed by atoms with Crippen molar-refractivity contribution in [2.24, 2.45) is 0 Å². The fraction of sp³-hybridized carbons (Fsp3) is 0.463. The number of carbonyl (C=O) groups excluding carboxylic acids is 4. The van der Waals surface area contributed by atoms with Crippen LogP contribution in [0.4, 0.5) is 30.5 Å². The summed E-state index contributed by atoms with van der Waals surface area (Å²) in [5, 5.41) is 9.06. The number of aromatic nitrogens is 3. The summed E-state index contributed by atoms with van der Waals surface area (Å²) in [6, 6.07) is 13.4. The third kappa shape index (κ3) is 9.35. The monoisotopic (exact) mass is 803 g/mol. The van der Waals surface area contributed by atoms with Crippen molar-refractivity contribution in [3.8, 4) is 5.75 Å². The summed E-state index contributed by atoms with van der Waals surface area (Å²) >= 11 is 0. The second-order valence-corrected chi connectivity index (χ2v) is 15.3. The number of hydrogen-bond donors (Lipinski definition) is 3. The van der Waals surface area contributed by atoms with Crippen molar-refractivity contribution in [2.75, 3.05) is 70.2 Å². The molecule has 4 aromatic rings. The number of ether oxygens (including phenoxy) is 1. The summed E-state index contributed by atoms with van der Waals surface area (Å²) in [5.41, 5.74) is 2.10. The van der Waals surface area contributed by atoms with E-state index in [0.717, 1.165) is 99.0 Å². The van der Waals surface area contributed by atoms with Crippen molar-refractivity contribution >= 4 is 52.0 Å². The molecule has 2 aromatic heterocycles. The van der Waals surface area contributed by atoms with Gasteiger partial charge >= 0.3 is 6.18 Å². The molecule has 2 aliphatic heterocycles. The van der Waals surface area contributed by atoms with Gasteiger partial charge in [0.25, 0.3) is 11.8 Å². The quantitative estimate of drug-likeness (QED) is 0.121. The fourth-order valence-corrected chi connectivity index (χ4v) is 8.01. The first-order valence-electron chi connectivity index (χ1n) is 19.7. The average molecular weight is 804 g/mol. The van der Waals surface area contributed by atoms with Crippen LogP contribution in [-0.2, 0) is 20.6 Å². The Kier molecular flexibility index (Phi) is 12.2. The summed E-state index contributed by atoms with van der Waals surface area (Å²) < 4.78 is 48.7. The predicted molar refractivity (Wildman–Crippen MR) is 211 cm³/mol. The highest BCUT2D eigenvalue weighted by Gasteiger charge is 2.39. The Morgan fingerprint density at radius 1 is 0.983 bits per heavy atom. The Morgan fingerprint density at radius 2 is 1.72 bits per heavy atom. The third-order valence-electron chi connectivity index (χ3n) is 11.0. The van der Waals surface area contributed by atoms with E-state index in [4.69, 9.17) is 9.72 Å². The molecule has 1 atom stereocenters. The van der Waals surface area contributed by atoms with Crippen LogP contribution in [0.15, 0.2) is 54.7 Å². The molecule has 0 radical (unpaired) electrons. The number of rotatable bonds is 13. The lowest BCUT2D eigenvalue weighted by Gasteiger charge is -2.36. The summed E-state index contributed by atoms with van der Waals surface area (Å²) in [4.78, 5) is 65.1. The predicted octanol–water partition coefficient (Wildman–Crippen LogP) is 5.24.